The predicted molar refractivity (Wildman–Crippen MR) is 211 cm³/mol. The van der Waals surface area contributed by atoms with Crippen LogP contribution in [-0.4, -0.2) is 49.8 Å². The third kappa shape index (κ3) is 4.67. The molecule has 250 valence electrons. The van der Waals surface area contributed by atoms with Crippen molar-refractivity contribution >= 4 is 66.2 Å². The molecule has 0 bridgehead atoms. The first kappa shape index (κ1) is 30.0. The molecule has 7 aromatic heterocycles. The third-order valence-corrected chi connectivity index (χ3v) is 9.65. The molecule has 0 atom stereocenters. The van der Waals surface area contributed by atoms with Crippen LogP contribution in [0.3, 0.4) is 0 Å². The summed E-state index contributed by atoms with van der Waals surface area (Å²) in [5.41, 5.74) is 14.0. The number of pyridine rings is 4. The van der Waals surface area contributed by atoms with Gasteiger partial charge in [-0.15, -0.1) is 0 Å². The van der Waals surface area contributed by atoms with Crippen molar-refractivity contribution < 1.29 is 0 Å². The van der Waals surface area contributed by atoms with Crippen molar-refractivity contribution in [2.24, 2.45) is 0 Å². The summed E-state index contributed by atoms with van der Waals surface area (Å²) in [6, 6.07) is 39.3. The monoisotopic (exact) mass is 692 g/mol. The van der Waals surface area contributed by atoms with E-state index in [0.717, 1.165) is 45.0 Å². The lowest BCUT2D eigenvalue weighted by atomic mass is 10.0. The lowest BCUT2D eigenvalue weighted by molar-refractivity contribution is 1.29. The zero-order chi connectivity index (χ0) is 35.6. The molecule has 0 aliphatic heterocycles. The summed E-state index contributed by atoms with van der Waals surface area (Å²) in [6.45, 7) is 0. The van der Waals surface area contributed by atoms with Crippen LogP contribution in [0.1, 0.15) is 0 Å². The Morgan fingerprint density at radius 3 is 0.870 bits per heavy atom. The molecule has 54 heavy (non-hydrogen) atoms. The van der Waals surface area contributed by atoms with Crippen LogP contribution < -0.4 is 0 Å². The maximum atomic E-state index is 5.46. The Bertz CT molecular complexity index is 3030. The Morgan fingerprint density at radius 2 is 0.537 bits per heavy atom. The first-order valence-corrected chi connectivity index (χ1v) is 17.4. The van der Waals surface area contributed by atoms with Crippen LogP contribution in [0, 0.1) is 0 Å². The zero-order valence-corrected chi connectivity index (χ0v) is 28.3. The second-order valence-corrected chi connectivity index (χ2v) is 12.8. The van der Waals surface area contributed by atoms with Crippen molar-refractivity contribution in [3.05, 3.63) is 146 Å². The molecule has 7 heterocycles. The number of fused-ring (bicyclic) bond motifs is 9. The lowest BCUT2D eigenvalue weighted by Gasteiger charge is -2.14. The van der Waals surface area contributed by atoms with Crippen LogP contribution in [0.4, 0.5) is 0 Å². The van der Waals surface area contributed by atoms with Gasteiger partial charge in [-0.05, 0) is 72.8 Å². The molecule has 10 nitrogen and oxygen atoms in total. The first-order chi connectivity index (χ1) is 26.8. The van der Waals surface area contributed by atoms with E-state index in [0.29, 0.717) is 66.2 Å². The summed E-state index contributed by atoms with van der Waals surface area (Å²) in [5, 5.41) is 0. The summed E-state index contributed by atoms with van der Waals surface area (Å²) in [6.07, 6.45) is 7.12. The van der Waals surface area contributed by atoms with Gasteiger partial charge in [0.15, 0.2) is 0 Å². The van der Waals surface area contributed by atoms with Gasteiger partial charge in [-0.3, -0.25) is 19.9 Å². The fourth-order valence-electron chi connectivity index (χ4n) is 7.20. The Morgan fingerprint density at radius 1 is 0.222 bits per heavy atom. The lowest BCUT2D eigenvalue weighted by Crippen LogP contribution is -2.01. The highest BCUT2D eigenvalue weighted by Gasteiger charge is 2.23. The highest BCUT2D eigenvalue weighted by molar-refractivity contribution is 6.22. The summed E-state index contributed by atoms with van der Waals surface area (Å²) in [7, 11) is 0. The van der Waals surface area contributed by atoms with Gasteiger partial charge in [0.1, 0.15) is 33.1 Å². The highest BCUT2D eigenvalue weighted by Crippen LogP contribution is 2.39. The number of benzene rings is 4. The van der Waals surface area contributed by atoms with E-state index in [1.165, 1.54) is 0 Å². The molecule has 11 rings (SSSR count). The predicted octanol–water partition coefficient (Wildman–Crippen LogP) is 9.22. The van der Waals surface area contributed by atoms with Gasteiger partial charge in [0.25, 0.3) is 0 Å². The molecule has 11 aromatic rings. The van der Waals surface area contributed by atoms with Crippen molar-refractivity contribution in [1.82, 2.24) is 49.8 Å². The molecular weight excluding hydrogens is 669 g/mol. The van der Waals surface area contributed by atoms with E-state index >= 15 is 0 Å². The van der Waals surface area contributed by atoms with Gasteiger partial charge in [-0.25, -0.2) is 29.9 Å². The zero-order valence-electron chi connectivity index (χ0n) is 28.3. The summed E-state index contributed by atoms with van der Waals surface area (Å²) in [5.74, 6) is 0. The average Bonchev–Trinajstić information content (AvgIpc) is 3.25. The van der Waals surface area contributed by atoms with Gasteiger partial charge in [-0.2, -0.15) is 0 Å². The molecular formula is C44H24N10. The quantitative estimate of drug-likeness (QED) is 0.130. The number of aromatic nitrogens is 10. The third-order valence-electron chi connectivity index (χ3n) is 9.65. The Hall–Kier alpha value is -7.72. The van der Waals surface area contributed by atoms with Crippen LogP contribution in [0.25, 0.3) is 111 Å². The minimum atomic E-state index is 0.551. The van der Waals surface area contributed by atoms with Gasteiger partial charge >= 0.3 is 0 Å². The molecule has 0 fully saturated rings. The van der Waals surface area contributed by atoms with Crippen molar-refractivity contribution in [2.45, 2.75) is 0 Å². The SMILES string of the molecule is c1ccc(-c2cccc3nc4c5nc6cccc(-c7ccccn7)c6nc5c5nc6c(-c7ccccn7)ccc(-c7ccccn7)c6nc5c4nc23)nc1. The molecule has 0 saturated heterocycles. The van der Waals surface area contributed by atoms with E-state index in [9.17, 15) is 0 Å². The number of nitrogens with zero attached hydrogens (tertiary/aromatic N) is 10. The summed E-state index contributed by atoms with van der Waals surface area (Å²) < 4.78 is 0. The fraction of sp³-hybridized carbons (Fsp3) is 0. The number of rotatable bonds is 4. The maximum absolute atomic E-state index is 5.46. The molecule has 10 heteroatoms. The Balaban J connectivity index is 1.35. The van der Waals surface area contributed by atoms with Crippen LogP contribution in [0.5, 0.6) is 0 Å². The molecule has 0 unspecified atom stereocenters. The second kappa shape index (κ2) is 11.9. The minimum absolute atomic E-state index is 0.551. The molecule has 0 spiro atoms. The van der Waals surface area contributed by atoms with Crippen LogP contribution in [0.15, 0.2) is 146 Å². The first-order valence-electron chi connectivity index (χ1n) is 17.4. The van der Waals surface area contributed by atoms with E-state index in [1.54, 1.807) is 24.8 Å². The maximum Gasteiger partial charge on any atom is 0.120 e. The van der Waals surface area contributed by atoms with Crippen LogP contribution in [0.2, 0.25) is 0 Å². The summed E-state index contributed by atoms with van der Waals surface area (Å²) in [4.78, 5) is 50.9. The van der Waals surface area contributed by atoms with E-state index in [4.69, 9.17) is 39.9 Å². The van der Waals surface area contributed by atoms with E-state index in [1.807, 2.05) is 121 Å². The smallest absolute Gasteiger partial charge is 0.120 e. The van der Waals surface area contributed by atoms with Gasteiger partial charge in [-0.1, -0.05) is 48.5 Å². The normalized spacial score (nSPS) is 11.7. The standard InChI is InChI=1S/C44H24N10/c1-5-21-45-29(13-1)25-11-9-17-33-35(25)51-41-39(49-33)40-42(52-36-26(12-10-18-34(36)50-40)30-14-2-6-22-46-30)44-43(41)53-37-27(31-15-3-7-23-47-31)19-20-28(38(37)54-44)32-16-4-8-24-48-32/h1-24H. The Kier molecular flexibility index (Phi) is 6.62. The largest absolute Gasteiger partial charge is 0.256 e. The number of hydrogen-bond acceptors (Lipinski definition) is 10. The molecule has 0 radical (unpaired) electrons. The van der Waals surface area contributed by atoms with Crippen molar-refractivity contribution in [3.63, 3.8) is 0 Å². The van der Waals surface area contributed by atoms with Crippen molar-refractivity contribution in [3.8, 4) is 45.0 Å². The molecule has 0 N–H and O–H groups in total. The fourth-order valence-corrected chi connectivity index (χ4v) is 7.20. The van der Waals surface area contributed by atoms with Gasteiger partial charge in [0, 0.05) is 47.0 Å². The van der Waals surface area contributed by atoms with Gasteiger partial charge in [0.05, 0.1) is 55.9 Å². The molecule has 0 saturated carbocycles. The van der Waals surface area contributed by atoms with Gasteiger partial charge in [0.2, 0.25) is 0 Å². The Labute approximate surface area is 306 Å². The van der Waals surface area contributed by atoms with Gasteiger partial charge < -0.3 is 0 Å². The van der Waals surface area contributed by atoms with Crippen molar-refractivity contribution in [1.29, 1.82) is 0 Å². The van der Waals surface area contributed by atoms with E-state index in [2.05, 4.69) is 9.97 Å². The van der Waals surface area contributed by atoms with E-state index < -0.39 is 0 Å². The minimum Gasteiger partial charge on any atom is -0.256 e. The number of hydrogen-bond donors (Lipinski definition) is 0. The average molecular weight is 693 g/mol. The molecule has 0 aliphatic carbocycles. The van der Waals surface area contributed by atoms with Crippen LogP contribution in [-0.2, 0) is 0 Å². The molecule has 4 aromatic carbocycles. The summed E-state index contributed by atoms with van der Waals surface area (Å²) >= 11 is 0. The van der Waals surface area contributed by atoms with Crippen LogP contribution >= 0.6 is 0 Å². The molecule has 0 aliphatic rings. The molecule has 0 amide bonds. The topological polar surface area (TPSA) is 129 Å². The van der Waals surface area contributed by atoms with E-state index in [-0.39, 0.29) is 0 Å². The van der Waals surface area contributed by atoms with Crippen molar-refractivity contribution in [2.75, 3.05) is 0 Å². The number of para-hydroxylation sites is 2. The second-order valence-electron chi connectivity index (χ2n) is 12.8. The highest BCUT2D eigenvalue weighted by atomic mass is 14.9.